The van der Waals surface area contributed by atoms with Crippen molar-refractivity contribution < 1.29 is 45.4 Å². The minimum Gasteiger partial charge on any atom is -0.496 e. The van der Waals surface area contributed by atoms with Crippen LogP contribution in [0.5, 0.6) is 5.75 Å². The highest BCUT2D eigenvalue weighted by molar-refractivity contribution is 5.97. The van der Waals surface area contributed by atoms with Crippen LogP contribution in [0.1, 0.15) is 47.8 Å². The molecule has 0 aliphatic carbocycles. The first-order valence-electron chi connectivity index (χ1n) is 10.2. The number of hydrogen-bond acceptors (Lipinski definition) is 5. The van der Waals surface area contributed by atoms with Gasteiger partial charge in [0.05, 0.1) is 12.7 Å². The van der Waals surface area contributed by atoms with E-state index in [4.69, 9.17) is 15.2 Å². The van der Waals surface area contributed by atoms with Gasteiger partial charge in [0.25, 0.3) is 18.2 Å². The standard InChI is InChI=1S/C22H21F6N3O4/c1-9-14(11-4-5-12(23)15(18(24)25)16(11)34-3)17(35-21(9,2)22(26,27)28)20(33)31-10-6-7-30-13(8-10)19(29)32/h4-9,14,17-18H,1-3H3,(H2,29,32)(H,30,31,33)/t9-,14-,17-,21+/m0/s1. The van der Waals surface area contributed by atoms with Crippen LogP contribution in [0.15, 0.2) is 30.5 Å². The van der Waals surface area contributed by atoms with Crippen molar-refractivity contribution in [1.29, 1.82) is 0 Å². The molecule has 3 rings (SSSR count). The average Bonchev–Trinajstić information content (AvgIpc) is 3.05. The Bertz CT molecular complexity index is 1140. The zero-order chi connectivity index (χ0) is 26.3. The molecule has 1 aliphatic rings. The molecule has 35 heavy (non-hydrogen) atoms. The van der Waals surface area contributed by atoms with Crippen LogP contribution in [0.25, 0.3) is 0 Å². The molecule has 0 radical (unpaired) electrons. The number of halogens is 6. The lowest BCUT2D eigenvalue weighted by Crippen LogP contribution is -2.47. The molecule has 1 aromatic heterocycles. The van der Waals surface area contributed by atoms with Gasteiger partial charge in [-0.05, 0) is 25.1 Å². The number of carbonyl (C=O) groups excluding carboxylic acids is 2. The van der Waals surface area contributed by atoms with Gasteiger partial charge in [0.2, 0.25) is 0 Å². The lowest BCUT2D eigenvalue weighted by Gasteiger charge is -2.32. The van der Waals surface area contributed by atoms with Crippen LogP contribution in [0.2, 0.25) is 0 Å². The molecular weight excluding hydrogens is 484 g/mol. The number of benzene rings is 1. The van der Waals surface area contributed by atoms with E-state index < -0.39 is 65.1 Å². The third kappa shape index (κ3) is 4.64. The highest BCUT2D eigenvalue weighted by atomic mass is 19.4. The van der Waals surface area contributed by atoms with Crippen molar-refractivity contribution in [3.05, 3.63) is 53.1 Å². The smallest absolute Gasteiger partial charge is 0.417 e. The van der Waals surface area contributed by atoms with E-state index in [9.17, 15) is 35.9 Å². The zero-order valence-corrected chi connectivity index (χ0v) is 18.6. The van der Waals surface area contributed by atoms with Crippen molar-refractivity contribution in [3.8, 4) is 5.75 Å². The molecule has 7 nitrogen and oxygen atoms in total. The number of aromatic nitrogens is 1. The minimum atomic E-state index is -4.95. The number of primary amides is 1. The van der Waals surface area contributed by atoms with Gasteiger partial charge in [0.1, 0.15) is 23.4 Å². The number of pyridine rings is 1. The van der Waals surface area contributed by atoms with Crippen LogP contribution < -0.4 is 15.8 Å². The van der Waals surface area contributed by atoms with Crippen molar-refractivity contribution in [2.45, 2.75) is 44.1 Å². The van der Waals surface area contributed by atoms with Crippen molar-refractivity contribution in [1.82, 2.24) is 4.98 Å². The van der Waals surface area contributed by atoms with Gasteiger partial charge in [-0.3, -0.25) is 14.6 Å². The van der Waals surface area contributed by atoms with Crippen molar-refractivity contribution in [2.75, 3.05) is 12.4 Å². The molecule has 0 saturated carbocycles. The topological polar surface area (TPSA) is 104 Å². The maximum absolute atomic E-state index is 14.1. The molecule has 3 N–H and O–H groups in total. The Hall–Kier alpha value is -3.35. The molecule has 1 fully saturated rings. The van der Waals surface area contributed by atoms with Crippen LogP contribution in [0, 0.1) is 11.7 Å². The first-order valence-corrected chi connectivity index (χ1v) is 10.2. The summed E-state index contributed by atoms with van der Waals surface area (Å²) in [7, 11) is 0.963. The predicted octanol–water partition coefficient (Wildman–Crippen LogP) is 4.34. The number of amides is 2. The van der Waals surface area contributed by atoms with Gasteiger partial charge < -0.3 is 20.5 Å². The molecule has 0 unspecified atom stereocenters. The van der Waals surface area contributed by atoms with E-state index in [1.54, 1.807) is 0 Å². The molecule has 2 heterocycles. The van der Waals surface area contributed by atoms with Crippen molar-refractivity contribution in [3.63, 3.8) is 0 Å². The molecule has 2 aromatic rings. The van der Waals surface area contributed by atoms with Crippen molar-refractivity contribution >= 4 is 17.5 Å². The first kappa shape index (κ1) is 26.3. The SMILES string of the molecule is COc1c([C@H]2[C@@H](C(=O)Nc3ccnc(C(N)=O)c3)O[C@@](C)(C(F)(F)F)[C@H]2C)ccc(F)c1C(F)F. The van der Waals surface area contributed by atoms with Gasteiger partial charge >= 0.3 is 6.18 Å². The number of ether oxygens (including phenoxy) is 2. The average molecular weight is 505 g/mol. The van der Waals surface area contributed by atoms with E-state index in [1.165, 1.54) is 6.07 Å². The van der Waals surface area contributed by atoms with Crippen LogP contribution >= 0.6 is 0 Å². The number of nitrogens with zero attached hydrogens (tertiary/aromatic N) is 1. The summed E-state index contributed by atoms with van der Waals surface area (Å²) in [6, 6.07) is 4.02. The number of carbonyl (C=O) groups is 2. The summed E-state index contributed by atoms with van der Waals surface area (Å²) in [5, 5.41) is 2.33. The lowest BCUT2D eigenvalue weighted by atomic mass is 9.76. The van der Waals surface area contributed by atoms with Crippen LogP contribution in [0.3, 0.4) is 0 Å². The third-order valence-corrected chi connectivity index (χ3v) is 6.16. The number of methoxy groups -OCH3 is 1. The highest BCUT2D eigenvalue weighted by Gasteiger charge is 2.66. The minimum absolute atomic E-state index is 0.0197. The van der Waals surface area contributed by atoms with Gasteiger partial charge in [-0.15, -0.1) is 0 Å². The summed E-state index contributed by atoms with van der Waals surface area (Å²) in [5.41, 5.74) is 0.654. The molecule has 2 amide bonds. The van der Waals surface area contributed by atoms with E-state index in [2.05, 4.69) is 10.3 Å². The van der Waals surface area contributed by atoms with Gasteiger partial charge in [-0.1, -0.05) is 13.0 Å². The van der Waals surface area contributed by atoms with E-state index >= 15 is 0 Å². The quantitative estimate of drug-likeness (QED) is 0.569. The Morgan fingerprint density at radius 1 is 1.26 bits per heavy atom. The normalized spacial score (nSPS) is 24.5. The Balaban J connectivity index is 2.12. The molecule has 0 spiro atoms. The van der Waals surface area contributed by atoms with Gasteiger partial charge in [-0.2, -0.15) is 13.2 Å². The maximum Gasteiger partial charge on any atom is 0.417 e. The number of anilines is 1. The molecule has 1 aliphatic heterocycles. The lowest BCUT2D eigenvalue weighted by molar-refractivity contribution is -0.272. The summed E-state index contributed by atoms with van der Waals surface area (Å²) in [4.78, 5) is 28.2. The monoisotopic (exact) mass is 505 g/mol. The summed E-state index contributed by atoms with van der Waals surface area (Å²) in [5.74, 6) is -6.92. The van der Waals surface area contributed by atoms with Crippen molar-refractivity contribution in [2.24, 2.45) is 11.7 Å². The fourth-order valence-corrected chi connectivity index (χ4v) is 4.17. The molecule has 0 bridgehead atoms. The molecule has 1 saturated heterocycles. The number of rotatable bonds is 6. The summed E-state index contributed by atoms with van der Waals surface area (Å²) in [6.07, 6.45) is -9.00. The molecule has 13 heteroatoms. The number of nitrogens with one attached hydrogen (secondary N) is 1. The van der Waals surface area contributed by atoms with E-state index in [1.807, 2.05) is 0 Å². The first-order chi connectivity index (χ1) is 16.2. The fourth-order valence-electron chi connectivity index (χ4n) is 4.17. The number of alkyl halides is 5. The summed E-state index contributed by atoms with van der Waals surface area (Å²) in [6.45, 7) is 1.88. The second kappa shape index (κ2) is 9.36. The fraction of sp³-hybridized carbons (Fsp3) is 0.409. The molecule has 4 atom stereocenters. The second-order valence-corrected chi connectivity index (χ2v) is 8.13. The molecule has 1 aromatic carbocycles. The van der Waals surface area contributed by atoms with E-state index in [-0.39, 0.29) is 16.9 Å². The van der Waals surface area contributed by atoms with Crippen LogP contribution in [-0.2, 0) is 9.53 Å². The predicted molar refractivity (Wildman–Crippen MR) is 111 cm³/mol. The highest BCUT2D eigenvalue weighted by Crippen LogP contribution is 2.55. The number of nitrogens with two attached hydrogens (primary N) is 1. The van der Waals surface area contributed by atoms with E-state index in [0.29, 0.717) is 6.07 Å². The second-order valence-electron chi connectivity index (χ2n) is 8.13. The van der Waals surface area contributed by atoms with Crippen LogP contribution in [-0.4, -0.2) is 41.8 Å². The van der Waals surface area contributed by atoms with Crippen LogP contribution in [0.4, 0.5) is 32.0 Å². The summed E-state index contributed by atoms with van der Waals surface area (Å²) >= 11 is 0. The molecule has 190 valence electrons. The molecular formula is C22H21F6N3O4. The number of hydrogen-bond donors (Lipinski definition) is 2. The largest absolute Gasteiger partial charge is 0.496 e. The van der Waals surface area contributed by atoms with E-state index in [0.717, 1.165) is 39.3 Å². The third-order valence-electron chi connectivity index (χ3n) is 6.16. The Kier molecular flexibility index (Phi) is 7.02. The Morgan fingerprint density at radius 3 is 2.46 bits per heavy atom. The van der Waals surface area contributed by atoms with Gasteiger partial charge in [0.15, 0.2) is 5.60 Å². The van der Waals surface area contributed by atoms with Gasteiger partial charge in [-0.25, -0.2) is 13.2 Å². The zero-order valence-electron chi connectivity index (χ0n) is 18.6. The Morgan fingerprint density at radius 2 is 1.91 bits per heavy atom. The Labute approximate surface area is 195 Å². The maximum atomic E-state index is 14.1. The summed E-state index contributed by atoms with van der Waals surface area (Å²) < 4.78 is 93.6. The van der Waals surface area contributed by atoms with Gasteiger partial charge in [0, 0.05) is 29.3 Å².